The molecule has 6 aromatic rings. The third-order valence-electron chi connectivity index (χ3n) is 6.73. The van der Waals surface area contributed by atoms with Gasteiger partial charge in [-0.25, -0.2) is 9.97 Å². The minimum atomic E-state index is 0.869. The molecule has 0 aliphatic carbocycles. The summed E-state index contributed by atoms with van der Waals surface area (Å²) in [7, 11) is 2.12. The van der Waals surface area contributed by atoms with E-state index in [1.54, 1.807) is 11.8 Å². The highest BCUT2D eigenvalue weighted by Crippen LogP contribution is 2.49. The van der Waals surface area contributed by atoms with Crippen molar-refractivity contribution in [2.75, 3.05) is 11.9 Å². The fourth-order valence-electron chi connectivity index (χ4n) is 4.75. The van der Waals surface area contributed by atoms with Crippen LogP contribution in [0.25, 0.3) is 45.3 Å². The summed E-state index contributed by atoms with van der Waals surface area (Å²) < 4.78 is 0. The third-order valence-corrected chi connectivity index (χ3v) is 7.82. The molecular formula is C31H23N5S. The number of hydrogen-bond donors (Lipinski definition) is 2. The zero-order valence-corrected chi connectivity index (χ0v) is 21.0. The van der Waals surface area contributed by atoms with Crippen LogP contribution in [-0.4, -0.2) is 27.0 Å². The van der Waals surface area contributed by atoms with Gasteiger partial charge in [0.15, 0.2) is 0 Å². The number of imidazole rings is 2. The first kappa shape index (κ1) is 21.7. The second kappa shape index (κ2) is 8.84. The van der Waals surface area contributed by atoms with Crippen molar-refractivity contribution in [3.05, 3.63) is 109 Å². The van der Waals surface area contributed by atoms with Crippen molar-refractivity contribution >= 4 is 23.1 Å². The van der Waals surface area contributed by atoms with Gasteiger partial charge < -0.3 is 14.9 Å². The third kappa shape index (κ3) is 3.92. The Hall–Kier alpha value is -4.55. The Balaban J connectivity index is 1.20. The van der Waals surface area contributed by atoms with Crippen molar-refractivity contribution in [1.29, 1.82) is 0 Å². The largest absolute Gasteiger partial charge is 0.343 e. The van der Waals surface area contributed by atoms with Gasteiger partial charge in [0.1, 0.15) is 11.6 Å². The van der Waals surface area contributed by atoms with E-state index >= 15 is 0 Å². The Morgan fingerprint density at radius 2 is 1.03 bits per heavy atom. The normalized spacial score (nSPS) is 12.3. The molecule has 0 atom stereocenters. The van der Waals surface area contributed by atoms with Gasteiger partial charge in [-0.3, -0.25) is 0 Å². The molecule has 0 bridgehead atoms. The Kier molecular flexibility index (Phi) is 5.18. The van der Waals surface area contributed by atoms with E-state index in [1.165, 1.54) is 21.2 Å². The summed E-state index contributed by atoms with van der Waals surface area (Å²) >= 11 is 1.79. The standard InChI is InChI=1S/C31H23N5S/c1-36-26-14-12-22(30-32-18-24(34-30)20-8-4-2-5-9-20)16-28(26)37-29-17-23(13-15-27(29)36)31-33-19-25(35-31)21-10-6-3-7-11-21/h2-19H,1H3,(H,32,34)(H,33,35). The minimum absolute atomic E-state index is 0.869. The molecule has 7 rings (SSSR count). The fourth-order valence-corrected chi connectivity index (χ4v) is 5.98. The molecule has 0 spiro atoms. The average molecular weight is 498 g/mol. The van der Waals surface area contributed by atoms with Gasteiger partial charge in [-0.1, -0.05) is 72.4 Å². The summed E-state index contributed by atoms with van der Waals surface area (Å²) in [5, 5.41) is 0. The molecule has 0 saturated heterocycles. The van der Waals surface area contributed by atoms with Crippen molar-refractivity contribution < 1.29 is 0 Å². The highest BCUT2D eigenvalue weighted by atomic mass is 32.2. The van der Waals surface area contributed by atoms with Crippen LogP contribution >= 0.6 is 11.8 Å². The Morgan fingerprint density at radius 3 is 1.49 bits per heavy atom. The van der Waals surface area contributed by atoms with Gasteiger partial charge >= 0.3 is 0 Å². The maximum Gasteiger partial charge on any atom is 0.137 e. The molecule has 178 valence electrons. The number of fused-ring (bicyclic) bond motifs is 2. The molecule has 0 unspecified atom stereocenters. The lowest BCUT2D eigenvalue weighted by Gasteiger charge is -2.30. The summed E-state index contributed by atoms with van der Waals surface area (Å²) in [6.07, 6.45) is 3.80. The van der Waals surface area contributed by atoms with Crippen LogP contribution in [0.4, 0.5) is 11.4 Å². The van der Waals surface area contributed by atoms with E-state index in [0.717, 1.165) is 45.3 Å². The summed E-state index contributed by atoms with van der Waals surface area (Å²) in [5.74, 6) is 1.74. The second-order valence-electron chi connectivity index (χ2n) is 9.05. The molecule has 0 amide bonds. The number of anilines is 2. The van der Waals surface area contributed by atoms with Crippen LogP contribution in [0, 0.1) is 0 Å². The maximum atomic E-state index is 4.67. The average Bonchev–Trinajstić information content (AvgIpc) is 3.65. The zero-order chi connectivity index (χ0) is 24.8. The molecule has 3 heterocycles. The molecule has 2 aromatic heterocycles. The van der Waals surface area contributed by atoms with E-state index < -0.39 is 0 Å². The number of rotatable bonds is 4. The summed E-state index contributed by atoms with van der Waals surface area (Å²) in [5.41, 5.74) is 8.80. The van der Waals surface area contributed by atoms with Crippen LogP contribution in [0.3, 0.4) is 0 Å². The first-order valence-electron chi connectivity index (χ1n) is 12.1. The van der Waals surface area contributed by atoms with Gasteiger partial charge in [0.2, 0.25) is 0 Å². The topological polar surface area (TPSA) is 60.6 Å². The number of nitrogens with one attached hydrogen (secondary N) is 2. The van der Waals surface area contributed by atoms with Crippen molar-refractivity contribution in [2.45, 2.75) is 9.79 Å². The SMILES string of the molecule is CN1c2ccc(-c3ncc(-c4ccccc4)[nH]3)cc2Sc2cc(-c3ncc(-c4ccccc4)[nH]3)ccc21. The lowest BCUT2D eigenvalue weighted by Crippen LogP contribution is -2.14. The maximum absolute atomic E-state index is 4.67. The summed E-state index contributed by atoms with van der Waals surface area (Å²) in [6.45, 7) is 0. The van der Waals surface area contributed by atoms with Gasteiger partial charge in [0, 0.05) is 28.0 Å². The molecular weight excluding hydrogens is 474 g/mol. The Labute approximate surface area is 219 Å². The monoisotopic (exact) mass is 497 g/mol. The smallest absolute Gasteiger partial charge is 0.137 e. The van der Waals surface area contributed by atoms with Gasteiger partial charge in [0.25, 0.3) is 0 Å². The van der Waals surface area contributed by atoms with E-state index in [9.17, 15) is 0 Å². The van der Waals surface area contributed by atoms with Gasteiger partial charge in [-0.15, -0.1) is 0 Å². The molecule has 6 heteroatoms. The predicted molar refractivity (Wildman–Crippen MR) is 151 cm³/mol. The Morgan fingerprint density at radius 1 is 0.568 bits per heavy atom. The lowest BCUT2D eigenvalue weighted by molar-refractivity contribution is 1.11. The van der Waals surface area contributed by atoms with Crippen molar-refractivity contribution in [3.8, 4) is 45.3 Å². The first-order valence-corrected chi connectivity index (χ1v) is 13.0. The van der Waals surface area contributed by atoms with E-state index in [-0.39, 0.29) is 0 Å². The molecule has 1 aliphatic heterocycles. The number of aromatic nitrogens is 4. The number of benzene rings is 4. The molecule has 0 fully saturated rings. The molecule has 0 saturated carbocycles. The Bertz CT molecular complexity index is 1590. The van der Waals surface area contributed by atoms with Crippen LogP contribution in [0.2, 0.25) is 0 Å². The molecule has 5 nitrogen and oxygen atoms in total. The highest BCUT2D eigenvalue weighted by molar-refractivity contribution is 7.99. The van der Waals surface area contributed by atoms with Gasteiger partial charge in [-0.05, 0) is 47.5 Å². The van der Waals surface area contributed by atoms with E-state index in [1.807, 2.05) is 48.8 Å². The van der Waals surface area contributed by atoms with Crippen molar-refractivity contribution in [2.24, 2.45) is 0 Å². The zero-order valence-electron chi connectivity index (χ0n) is 20.1. The quantitative estimate of drug-likeness (QED) is 0.259. The van der Waals surface area contributed by atoms with E-state index in [0.29, 0.717) is 0 Å². The summed E-state index contributed by atoms with van der Waals surface area (Å²) in [6, 6.07) is 33.6. The van der Waals surface area contributed by atoms with E-state index in [2.05, 4.69) is 92.5 Å². The molecule has 4 aromatic carbocycles. The van der Waals surface area contributed by atoms with Gasteiger partial charge in [0.05, 0.1) is 35.2 Å². The van der Waals surface area contributed by atoms with E-state index in [4.69, 9.17) is 0 Å². The molecule has 1 aliphatic rings. The number of hydrogen-bond acceptors (Lipinski definition) is 4. The van der Waals surface area contributed by atoms with Crippen LogP contribution in [-0.2, 0) is 0 Å². The van der Waals surface area contributed by atoms with Crippen LogP contribution < -0.4 is 4.90 Å². The summed E-state index contributed by atoms with van der Waals surface area (Å²) in [4.78, 5) is 21.0. The van der Waals surface area contributed by atoms with Crippen LogP contribution in [0.1, 0.15) is 0 Å². The molecule has 0 radical (unpaired) electrons. The highest BCUT2D eigenvalue weighted by Gasteiger charge is 2.22. The number of aromatic amines is 2. The fraction of sp³-hybridized carbons (Fsp3) is 0.0323. The van der Waals surface area contributed by atoms with Crippen LogP contribution in [0.5, 0.6) is 0 Å². The molecule has 37 heavy (non-hydrogen) atoms. The second-order valence-corrected chi connectivity index (χ2v) is 10.1. The lowest BCUT2D eigenvalue weighted by atomic mass is 10.1. The van der Waals surface area contributed by atoms with Gasteiger partial charge in [-0.2, -0.15) is 0 Å². The minimum Gasteiger partial charge on any atom is -0.343 e. The van der Waals surface area contributed by atoms with Crippen LogP contribution in [0.15, 0.2) is 119 Å². The first-order chi connectivity index (χ1) is 18.2. The van der Waals surface area contributed by atoms with Crippen molar-refractivity contribution in [3.63, 3.8) is 0 Å². The number of nitrogens with zero attached hydrogens (tertiary/aromatic N) is 3. The van der Waals surface area contributed by atoms with Crippen molar-refractivity contribution in [1.82, 2.24) is 19.9 Å². The number of H-pyrrole nitrogens is 2. The molecule has 2 N–H and O–H groups in total. The predicted octanol–water partition coefficient (Wildman–Crippen LogP) is 8.03.